The molecule has 1 N–H and O–H groups in total. The van der Waals surface area contributed by atoms with Crippen LogP contribution in [0.2, 0.25) is 0 Å². The molecule has 1 atom stereocenters. The fraction of sp³-hybridized carbons (Fsp3) is 0.357. The monoisotopic (exact) mass is 273 g/mol. The van der Waals surface area contributed by atoms with Crippen molar-refractivity contribution in [3.8, 4) is 6.07 Å². The average Bonchev–Trinajstić information content (AvgIpc) is 2.48. The Labute approximate surface area is 116 Å². The van der Waals surface area contributed by atoms with Gasteiger partial charge in [0.15, 0.2) is 0 Å². The fourth-order valence-corrected chi connectivity index (χ4v) is 1.96. The van der Waals surface area contributed by atoms with Gasteiger partial charge in [-0.3, -0.25) is 9.59 Å². The highest BCUT2D eigenvalue weighted by atomic mass is 16.5. The van der Waals surface area contributed by atoms with E-state index in [2.05, 4.69) is 5.32 Å². The lowest BCUT2D eigenvalue weighted by molar-refractivity contribution is -0.146. The minimum Gasteiger partial charge on any atom is -0.365 e. The molecule has 1 saturated heterocycles. The lowest BCUT2D eigenvalue weighted by Crippen LogP contribution is -2.48. The van der Waals surface area contributed by atoms with Crippen LogP contribution in [0.15, 0.2) is 24.3 Å². The maximum absolute atomic E-state index is 12.0. The summed E-state index contributed by atoms with van der Waals surface area (Å²) in [6.45, 7) is 0.779. The molecule has 1 aromatic rings. The van der Waals surface area contributed by atoms with Crippen LogP contribution in [0.4, 0.5) is 0 Å². The number of morpholine rings is 1. The van der Waals surface area contributed by atoms with Crippen LogP contribution < -0.4 is 5.32 Å². The molecule has 0 aliphatic carbocycles. The topological polar surface area (TPSA) is 82.4 Å². The minimum atomic E-state index is -0.315. The molecule has 1 fully saturated rings. The van der Waals surface area contributed by atoms with Crippen molar-refractivity contribution in [3.63, 3.8) is 0 Å². The minimum absolute atomic E-state index is 0.0336. The number of ether oxygens (including phenoxy) is 1. The van der Waals surface area contributed by atoms with Gasteiger partial charge in [-0.15, -0.1) is 0 Å². The second-order valence-electron chi connectivity index (χ2n) is 4.57. The van der Waals surface area contributed by atoms with E-state index in [1.54, 1.807) is 36.2 Å². The lowest BCUT2D eigenvalue weighted by atomic mass is 10.1. The first kappa shape index (κ1) is 14.0. The van der Waals surface area contributed by atoms with Crippen LogP contribution >= 0.6 is 0 Å². The zero-order valence-corrected chi connectivity index (χ0v) is 11.1. The molecule has 0 unspecified atom stereocenters. The number of carbonyl (C=O) groups excluding carboxylic acids is 2. The first-order valence-electron chi connectivity index (χ1n) is 6.24. The standard InChI is InChI=1S/C14H15N3O3/c1-17-8-11(20-9-13(17)18)7-16-14(19)12-5-3-2-4-10(12)6-15/h2-5,11H,7-9H2,1H3,(H,16,19)/t11-/m0/s1. The van der Waals surface area contributed by atoms with E-state index in [1.165, 1.54) is 0 Å². The van der Waals surface area contributed by atoms with Gasteiger partial charge in [0.2, 0.25) is 5.91 Å². The Hall–Kier alpha value is -2.39. The van der Waals surface area contributed by atoms with Gasteiger partial charge < -0.3 is 15.0 Å². The number of nitrogens with one attached hydrogen (secondary N) is 1. The van der Waals surface area contributed by atoms with E-state index in [1.807, 2.05) is 6.07 Å². The number of nitriles is 1. The quantitative estimate of drug-likeness (QED) is 0.849. The first-order valence-corrected chi connectivity index (χ1v) is 6.24. The Kier molecular flexibility index (Phi) is 4.33. The van der Waals surface area contributed by atoms with E-state index in [0.717, 1.165) is 0 Å². The van der Waals surface area contributed by atoms with Crippen molar-refractivity contribution in [3.05, 3.63) is 35.4 Å². The van der Waals surface area contributed by atoms with Crippen molar-refractivity contribution in [2.45, 2.75) is 6.10 Å². The van der Waals surface area contributed by atoms with Crippen LogP contribution in [0, 0.1) is 11.3 Å². The van der Waals surface area contributed by atoms with Crippen LogP contribution in [0.1, 0.15) is 15.9 Å². The van der Waals surface area contributed by atoms with Crippen molar-refractivity contribution >= 4 is 11.8 Å². The summed E-state index contributed by atoms with van der Waals surface area (Å²) in [5.74, 6) is -0.382. The van der Waals surface area contributed by atoms with Crippen molar-refractivity contribution in [1.29, 1.82) is 5.26 Å². The zero-order valence-electron chi connectivity index (χ0n) is 11.1. The Bertz CT molecular complexity index is 565. The third-order valence-electron chi connectivity index (χ3n) is 3.13. The van der Waals surface area contributed by atoms with Gasteiger partial charge in [0.25, 0.3) is 5.91 Å². The number of benzene rings is 1. The molecule has 0 bridgehead atoms. The number of hydrogen-bond donors (Lipinski definition) is 1. The summed E-state index contributed by atoms with van der Waals surface area (Å²) in [5, 5.41) is 11.7. The molecule has 0 spiro atoms. The van der Waals surface area contributed by atoms with Gasteiger partial charge in [-0.2, -0.15) is 5.26 Å². The second kappa shape index (κ2) is 6.17. The number of rotatable bonds is 3. The van der Waals surface area contributed by atoms with Crippen molar-refractivity contribution in [2.75, 3.05) is 26.7 Å². The van der Waals surface area contributed by atoms with Gasteiger partial charge >= 0.3 is 0 Å². The highest BCUT2D eigenvalue weighted by Crippen LogP contribution is 2.08. The summed E-state index contributed by atoms with van der Waals surface area (Å²) >= 11 is 0. The number of carbonyl (C=O) groups is 2. The van der Waals surface area contributed by atoms with Gasteiger partial charge in [-0.05, 0) is 12.1 Å². The summed E-state index contributed by atoms with van der Waals surface area (Å²) < 4.78 is 5.33. The molecule has 6 nitrogen and oxygen atoms in total. The molecule has 0 radical (unpaired) electrons. The predicted octanol–water partition coefficient (Wildman–Crippen LogP) is 0.145. The summed E-state index contributed by atoms with van der Waals surface area (Å²) in [7, 11) is 1.70. The second-order valence-corrected chi connectivity index (χ2v) is 4.57. The molecule has 2 rings (SSSR count). The molecule has 1 aromatic carbocycles. The van der Waals surface area contributed by atoms with E-state index in [-0.39, 0.29) is 24.5 Å². The summed E-state index contributed by atoms with van der Waals surface area (Å²) in [6, 6.07) is 8.60. The van der Waals surface area contributed by atoms with Crippen molar-refractivity contribution in [1.82, 2.24) is 10.2 Å². The zero-order chi connectivity index (χ0) is 14.5. The maximum Gasteiger partial charge on any atom is 0.252 e. The van der Waals surface area contributed by atoms with Gasteiger partial charge in [0.1, 0.15) is 6.61 Å². The smallest absolute Gasteiger partial charge is 0.252 e. The van der Waals surface area contributed by atoms with Crippen LogP contribution in [0.5, 0.6) is 0 Å². The number of nitrogens with zero attached hydrogens (tertiary/aromatic N) is 2. The van der Waals surface area contributed by atoms with E-state index in [9.17, 15) is 9.59 Å². The van der Waals surface area contributed by atoms with Gasteiger partial charge in [-0.25, -0.2) is 0 Å². The van der Waals surface area contributed by atoms with Crippen LogP contribution in [0.3, 0.4) is 0 Å². The van der Waals surface area contributed by atoms with E-state index in [4.69, 9.17) is 10.00 Å². The normalized spacial score (nSPS) is 18.5. The van der Waals surface area contributed by atoms with E-state index in [0.29, 0.717) is 24.2 Å². The number of amides is 2. The van der Waals surface area contributed by atoms with Crippen LogP contribution in [0.25, 0.3) is 0 Å². The molecule has 1 heterocycles. The van der Waals surface area contributed by atoms with E-state index < -0.39 is 0 Å². The fourth-order valence-electron chi connectivity index (χ4n) is 1.96. The molecule has 104 valence electrons. The third-order valence-corrected chi connectivity index (χ3v) is 3.13. The highest BCUT2D eigenvalue weighted by Gasteiger charge is 2.24. The molecule has 1 aliphatic heterocycles. The Balaban J connectivity index is 1.93. The molecular formula is C14H15N3O3. The molecular weight excluding hydrogens is 258 g/mol. The molecule has 20 heavy (non-hydrogen) atoms. The summed E-state index contributed by atoms with van der Waals surface area (Å²) in [4.78, 5) is 24.8. The summed E-state index contributed by atoms with van der Waals surface area (Å²) in [6.07, 6.45) is -0.226. The first-order chi connectivity index (χ1) is 9.61. The van der Waals surface area contributed by atoms with Gasteiger partial charge in [-0.1, -0.05) is 12.1 Å². The average molecular weight is 273 g/mol. The van der Waals surface area contributed by atoms with Gasteiger partial charge in [0, 0.05) is 20.1 Å². The Morgan fingerprint density at radius 3 is 3.00 bits per heavy atom. The Morgan fingerprint density at radius 1 is 1.55 bits per heavy atom. The lowest BCUT2D eigenvalue weighted by Gasteiger charge is -2.29. The summed E-state index contributed by atoms with van der Waals surface area (Å²) in [5.41, 5.74) is 0.678. The third kappa shape index (κ3) is 3.13. The van der Waals surface area contributed by atoms with E-state index >= 15 is 0 Å². The van der Waals surface area contributed by atoms with Crippen LogP contribution in [-0.4, -0.2) is 49.6 Å². The maximum atomic E-state index is 12.0. The Morgan fingerprint density at radius 2 is 2.30 bits per heavy atom. The number of hydrogen-bond acceptors (Lipinski definition) is 4. The van der Waals surface area contributed by atoms with Gasteiger partial charge in [0.05, 0.1) is 23.3 Å². The van der Waals surface area contributed by atoms with Crippen LogP contribution in [-0.2, 0) is 9.53 Å². The van der Waals surface area contributed by atoms with Crippen molar-refractivity contribution in [2.24, 2.45) is 0 Å². The van der Waals surface area contributed by atoms with Crippen molar-refractivity contribution < 1.29 is 14.3 Å². The molecule has 6 heteroatoms. The molecule has 0 saturated carbocycles. The SMILES string of the molecule is CN1C[C@H](CNC(=O)c2ccccc2C#N)OCC1=O. The number of likely N-dealkylation sites (N-methyl/N-ethyl adjacent to an activating group) is 1. The highest BCUT2D eigenvalue weighted by molar-refractivity contribution is 5.96. The predicted molar refractivity (Wildman–Crippen MR) is 70.9 cm³/mol. The molecule has 2 amide bonds. The molecule has 0 aromatic heterocycles. The molecule has 1 aliphatic rings. The largest absolute Gasteiger partial charge is 0.365 e.